The van der Waals surface area contributed by atoms with Crippen LogP contribution in [0.15, 0.2) is 10.2 Å². The molecule has 1 saturated heterocycles. The van der Waals surface area contributed by atoms with Crippen molar-refractivity contribution in [1.82, 2.24) is 15.2 Å². The molecule has 0 radical (unpaired) electrons. The van der Waals surface area contributed by atoms with Crippen molar-refractivity contribution in [2.75, 3.05) is 19.6 Å². The molecule has 2 heterocycles. The van der Waals surface area contributed by atoms with Gasteiger partial charge in [-0.3, -0.25) is 9.59 Å². The van der Waals surface area contributed by atoms with Gasteiger partial charge in [-0.25, -0.2) is 0 Å². The first-order valence-corrected chi connectivity index (χ1v) is 8.00. The Morgan fingerprint density at radius 2 is 2.20 bits per heavy atom. The van der Waals surface area contributed by atoms with Gasteiger partial charge in [-0.15, -0.1) is 0 Å². The summed E-state index contributed by atoms with van der Waals surface area (Å²) in [6.45, 7) is 7.36. The molecular weight excluding hydrogens is 274 g/mol. The zero-order valence-corrected chi connectivity index (χ0v) is 13.0. The number of aryl methyl sites for hydroxylation is 1. The van der Waals surface area contributed by atoms with Gasteiger partial charge in [0.25, 0.3) is 0 Å². The van der Waals surface area contributed by atoms with E-state index in [0.717, 1.165) is 38.2 Å². The summed E-state index contributed by atoms with van der Waals surface area (Å²) in [5, 5.41) is 8.18. The highest BCUT2D eigenvalue weighted by Crippen LogP contribution is 2.26. The minimum atomic E-state index is 0.0145. The van der Waals surface area contributed by atoms with Gasteiger partial charge in [0.05, 0.1) is 0 Å². The number of piperidine rings is 1. The highest BCUT2D eigenvalue weighted by molar-refractivity contribution is 7.07. The van der Waals surface area contributed by atoms with E-state index >= 15 is 0 Å². The number of nitrogens with one attached hydrogen (secondary N) is 2. The van der Waals surface area contributed by atoms with Gasteiger partial charge in [0.2, 0.25) is 5.91 Å². The lowest BCUT2D eigenvalue weighted by Gasteiger charge is -2.34. The summed E-state index contributed by atoms with van der Waals surface area (Å²) >= 11 is 1.19. The van der Waals surface area contributed by atoms with Crippen LogP contribution >= 0.6 is 11.3 Å². The van der Waals surface area contributed by atoms with Gasteiger partial charge in [0, 0.05) is 30.6 Å². The molecule has 1 aromatic heterocycles. The number of amides is 1. The SMILES string of the molecule is Cc1csc(=O)n1CCC(=O)NCC1(C)CCNCC1. The first kappa shape index (κ1) is 15.3. The summed E-state index contributed by atoms with van der Waals surface area (Å²) in [6, 6.07) is 0. The van der Waals surface area contributed by atoms with Crippen LogP contribution in [0.2, 0.25) is 0 Å². The molecule has 6 heteroatoms. The first-order valence-electron chi connectivity index (χ1n) is 7.13. The Morgan fingerprint density at radius 1 is 1.50 bits per heavy atom. The molecule has 1 fully saturated rings. The Bertz CT molecular complexity index is 515. The van der Waals surface area contributed by atoms with Gasteiger partial charge in [0.15, 0.2) is 0 Å². The molecule has 0 atom stereocenters. The molecule has 2 rings (SSSR count). The minimum Gasteiger partial charge on any atom is -0.355 e. The molecule has 1 aliphatic rings. The van der Waals surface area contributed by atoms with E-state index in [-0.39, 0.29) is 16.2 Å². The highest BCUT2D eigenvalue weighted by Gasteiger charge is 2.26. The van der Waals surface area contributed by atoms with E-state index in [2.05, 4.69) is 17.6 Å². The smallest absolute Gasteiger partial charge is 0.307 e. The standard InChI is InChI=1S/C14H23N3O2S/c1-11-9-20-13(19)17(11)8-3-12(18)16-10-14(2)4-6-15-7-5-14/h9,15H,3-8,10H2,1-2H3,(H,16,18). The van der Waals surface area contributed by atoms with Crippen molar-refractivity contribution < 1.29 is 4.79 Å². The van der Waals surface area contributed by atoms with Crippen LogP contribution in [0, 0.1) is 12.3 Å². The summed E-state index contributed by atoms with van der Waals surface area (Å²) in [5.41, 5.74) is 1.13. The number of nitrogens with zero attached hydrogens (tertiary/aromatic N) is 1. The average molecular weight is 297 g/mol. The number of rotatable bonds is 5. The first-order chi connectivity index (χ1) is 9.50. The normalized spacial score (nSPS) is 17.9. The van der Waals surface area contributed by atoms with Gasteiger partial charge in [-0.05, 0) is 38.3 Å². The second-order valence-electron chi connectivity index (χ2n) is 5.88. The number of thiazole rings is 1. The van der Waals surface area contributed by atoms with E-state index in [0.29, 0.717) is 13.0 Å². The third kappa shape index (κ3) is 3.93. The summed E-state index contributed by atoms with van der Waals surface area (Å²) in [4.78, 5) is 23.5. The van der Waals surface area contributed by atoms with E-state index in [1.54, 1.807) is 4.57 Å². The van der Waals surface area contributed by atoms with Crippen molar-refractivity contribution in [2.45, 2.75) is 39.7 Å². The van der Waals surface area contributed by atoms with E-state index in [9.17, 15) is 9.59 Å². The molecule has 0 spiro atoms. The summed E-state index contributed by atoms with van der Waals surface area (Å²) in [6.07, 6.45) is 2.55. The Hall–Kier alpha value is -1.14. The lowest BCUT2D eigenvalue weighted by atomic mass is 9.81. The second kappa shape index (κ2) is 6.54. The predicted molar refractivity (Wildman–Crippen MR) is 81.2 cm³/mol. The molecule has 1 aromatic rings. The maximum absolute atomic E-state index is 11.9. The Kier molecular flexibility index (Phi) is 4.99. The van der Waals surface area contributed by atoms with Crippen molar-refractivity contribution >= 4 is 17.2 Å². The topological polar surface area (TPSA) is 63.1 Å². The molecule has 0 unspecified atom stereocenters. The molecule has 0 aromatic carbocycles. The fourth-order valence-electron chi connectivity index (χ4n) is 2.50. The maximum atomic E-state index is 11.9. The lowest BCUT2D eigenvalue weighted by Crippen LogP contribution is -2.43. The molecule has 5 nitrogen and oxygen atoms in total. The fourth-order valence-corrected chi connectivity index (χ4v) is 3.26. The van der Waals surface area contributed by atoms with Crippen molar-refractivity contribution in [1.29, 1.82) is 0 Å². The second-order valence-corrected chi connectivity index (χ2v) is 6.70. The van der Waals surface area contributed by atoms with Crippen LogP contribution in [-0.2, 0) is 11.3 Å². The van der Waals surface area contributed by atoms with Gasteiger partial charge in [-0.1, -0.05) is 18.3 Å². The molecule has 0 saturated carbocycles. The number of hydrogen-bond donors (Lipinski definition) is 2. The molecule has 0 bridgehead atoms. The van der Waals surface area contributed by atoms with Crippen molar-refractivity contribution in [2.24, 2.45) is 5.41 Å². The number of aromatic nitrogens is 1. The van der Waals surface area contributed by atoms with Gasteiger partial charge < -0.3 is 15.2 Å². The molecule has 20 heavy (non-hydrogen) atoms. The lowest BCUT2D eigenvalue weighted by molar-refractivity contribution is -0.121. The summed E-state index contributed by atoms with van der Waals surface area (Å²) in [5.74, 6) is 0.0299. The quantitative estimate of drug-likeness (QED) is 0.856. The van der Waals surface area contributed by atoms with E-state index < -0.39 is 0 Å². The van der Waals surface area contributed by atoms with E-state index in [4.69, 9.17) is 0 Å². The highest BCUT2D eigenvalue weighted by atomic mass is 32.1. The summed E-state index contributed by atoms with van der Waals surface area (Å²) in [7, 11) is 0. The number of carbonyl (C=O) groups excluding carboxylic acids is 1. The van der Waals surface area contributed by atoms with Crippen molar-refractivity contribution in [3.63, 3.8) is 0 Å². The van der Waals surface area contributed by atoms with Crippen LogP contribution in [0.5, 0.6) is 0 Å². The third-order valence-electron chi connectivity index (χ3n) is 4.06. The Balaban J connectivity index is 1.77. The zero-order valence-electron chi connectivity index (χ0n) is 12.2. The number of carbonyl (C=O) groups is 1. The fraction of sp³-hybridized carbons (Fsp3) is 0.714. The minimum absolute atomic E-state index is 0.0145. The van der Waals surface area contributed by atoms with E-state index in [1.807, 2.05) is 12.3 Å². The van der Waals surface area contributed by atoms with Crippen molar-refractivity contribution in [3.8, 4) is 0 Å². The Labute approximate surface area is 123 Å². The van der Waals surface area contributed by atoms with Crippen LogP contribution < -0.4 is 15.5 Å². The molecular formula is C14H23N3O2S. The van der Waals surface area contributed by atoms with Gasteiger partial charge in [-0.2, -0.15) is 0 Å². The number of hydrogen-bond acceptors (Lipinski definition) is 4. The monoisotopic (exact) mass is 297 g/mol. The molecule has 112 valence electrons. The van der Waals surface area contributed by atoms with Gasteiger partial charge >= 0.3 is 4.87 Å². The molecule has 2 N–H and O–H groups in total. The van der Waals surface area contributed by atoms with Crippen LogP contribution in [-0.4, -0.2) is 30.1 Å². The van der Waals surface area contributed by atoms with Crippen LogP contribution in [0.4, 0.5) is 0 Å². The molecule has 1 aliphatic heterocycles. The van der Waals surface area contributed by atoms with Gasteiger partial charge in [0.1, 0.15) is 0 Å². The molecule has 1 amide bonds. The van der Waals surface area contributed by atoms with Crippen LogP contribution in [0.25, 0.3) is 0 Å². The van der Waals surface area contributed by atoms with E-state index in [1.165, 1.54) is 11.3 Å². The summed E-state index contributed by atoms with van der Waals surface area (Å²) < 4.78 is 1.66. The largest absolute Gasteiger partial charge is 0.355 e. The van der Waals surface area contributed by atoms with Crippen LogP contribution in [0.1, 0.15) is 31.9 Å². The Morgan fingerprint density at radius 3 is 2.80 bits per heavy atom. The predicted octanol–water partition coefficient (Wildman–Crippen LogP) is 1.11. The van der Waals surface area contributed by atoms with Crippen molar-refractivity contribution in [3.05, 3.63) is 20.7 Å². The maximum Gasteiger partial charge on any atom is 0.307 e. The zero-order chi connectivity index (χ0) is 14.6. The average Bonchev–Trinajstić information content (AvgIpc) is 2.74. The molecule has 0 aliphatic carbocycles. The van der Waals surface area contributed by atoms with Crippen LogP contribution in [0.3, 0.4) is 0 Å². The third-order valence-corrected chi connectivity index (χ3v) is 4.94.